The summed E-state index contributed by atoms with van der Waals surface area (Å²) < 4.78 is 5.69. The lowest BCUT2D eigenvalue weighted by Crippen LogP contribution is -2.19. The van der Waals surface area contributed by atoms with Crippen LogP contribution in [-0.2, 0) is 6.42 Å². The van der Waals surface area contributed by atoms with Gasteiger partial charge in [-0.3, -0.25) is 0 Å². The Hall–Kier alpha value is -1.39. The fraction of sp³-hybridized carbons (Fsp3) is 0.471. The Morgan fingerprint density at radius 1 is 1.29 bits per heavy atom. The summed E-state index contributed by atoms with van der Waals surface area (Å²) in [4.78, 5) is 6.27. The second kappa shape index (κ2) is 6.16. The van der Waals surface area contributed by atoms with Crippen LogP contribution < -0.4 is 10.1 Å². The van der Waals surface area contributed by atoms with Gasteiger partial charge < -0.3 is 10.1 Å². The minimum Gasteiger partial charge on any atom is -0.491 e. The first-order valence-corrected chi connectivity index (χ1v) is 8.43. The lowest BCUT2D eigenvalue weighted by atomic mass is 9.98. The molecular weight excluding hydrogens is 280 g/mol. The second-order valence-corrected chi connectivity index (χ2v) is 6.79. The molecule has 112 valence electrons. The summed E-state index contributed by atoms with van der Waals surface area (Å²) in [5.41, 5.74) is 2.46. The molecule has 4 heteroatoms. The average molecular weight is 302 g/mol. The quantitative estimate of drug-likeness (QED) is 0.919. The van der Waals surface area contributed by atoms with Crippen LogP contribution in [0.2, 0.25) is 0 Å². The van der Waals surface area contributed by atoms with Gasteiger partial charge in [-0.2, -0.15) is 0 Å². The number of hydrogen-bond donors (Lipinski definition) is 1. The lowest BCUT2D eigenvalue weighted by molar-refractivity contribution is 0.242. The maximum atomic E-state index is 5.69. The van der Waals surface area contributed by atoms with E-state index in [2.05, 4.69) is 17.4 Å². The van der Waals surface area contributed by atoms with E-state index in [9.17, 15) is 0 Å². The molecule has 1 aromatic heterocycles. The highest BCUT2D eigenvalue weighted by Crippen LogP contribution is 2.38. The van der Waals surface area contributed by atoms with E-state index < -0.39 is 0 Å². The number of thiazole rings is 1. The number of hydrogen-bond acceptors (Lipinski definition) is 4. The van der Waals surface area contributed by atoms with Crippen LogP contribution in [0, 0.1) is 0 Å². The largest absolute Gasteiger partial charge is 0.491 e. The van der Waals surface area contributed by atoms with E-state index >= 15 is 0 Å². The number of benzene rings is 1. The zero-order chi connectivity index (χ0) is 14.8. The second-order valence-electron chi connectivity index (χ2n) is 5.75. The van der Waals surface area contributed by atoms with Crippen molar-refractivity contribution in [1.29, 1.82) is 0 Å². The van der Waals surface area contributed by atoms with Gasteiger partial charge in [0, 0.05) is 16.5 Å². The number of rotatable bonds is 4. The van der Waals surface area contributed by atoms with Gasteiger partial charge in [0.1, 0.15) is 10.8 Å². The molecular formula is C17H22N2OS. The summed E-state index contributed by atoms with van der Waals surface area (Å²) in [6.07, 6.45) is 3.76. The van der Waals surface area contributed by atoms with Gasteiger partial charge in [0.25, 0.3) is 0 Å². The molecule has 21 heavy (non-hydrogen) atoms. The molecule has 1 unspecified atom stereocenters. The molecule has 1 heterocycles. The molecule has 0 bridgehead atoms. The predicted octanol–water partition coefficient (Wildman–Crippen LogP) is 4.19. The monoisotopic (exact) mass is 302 g/mol. The zero-order valence-electron chi connectivity index (χ0n) is 12.8. The summed E-state index contributed by atoms with van der Waals surface area (Å²) in [5.74, 6) is 0.920. The Labute approximate surface area is 130 Å². The topological polar surface area (TPSA) is 34.2 Å². The van der Waals surface area contributed by atoms with Crippen LogP contribution in [0.15, 0.2) is 24.3 Å². The number of fused-ring (bicyclic) bond motifs is 1. The van der Waals surface area contributed by atoms with Crippen LogP contribution in [-0.4, -0.2) is 18.1 Å². The third kappa shape index (κ3) is 3.11. The number of aromatic nitrogens is 1. The van der Waals surface area contributed by atoms with Crippen molar-refractivity contribution in [2.24, 2.45) is 0 Å². The normalized spacial score (nSPS) is 17.8. The van der Waals surface area contributed by atoms with E-state index in [4.69, 9.17) is 9.72 Å². The van der Waals surface area contributed by atoms with Crippen LogP contribution in [0.4, 0.5) is 0 Å². The molecule has 1 atom stereocenters. The fourth-order valence-corrected chi connectivity index (χ4v) is 4.03. The molecule has 1 aromatic carbocycles. The van der Waals surface area contributed by atoms with Crippen molar-refractivity contribution >= 4 is 11.3 Å². The van der Waals surface area contributed by atoms with Gasteiger partial charge in [-0.25, -0.2) is 4.98 Å². The lowest BCUT2D eigenvalue weighted by Gasteiger charge is -2.19. The van der Waals surface area contributed by atoms with Crippen LogP contribution in [0.5, 0.6) is 5.75 Å². The molecule has 0 amide bonds. The van der Waals surface area contributed by atoms with Gasteiger partial charge in [0.05, 0.1) is 11.8 Å². The molecule has 1 aliphatic rings. The molecule has 0 fully saturated rings. The Morgan fingerprint density at radius 2 is 2.05 bits per heavy atom. The maximum absolute atomic E-state index is 5.69. The molecule has 1 N–H and O–H groups in total. The minimum absolute atomic E-state index is 0.208. The van der Waals surface area contributed by atoms with Crippen molar-refractivity contribution in [1.82, 2.24) is 10.3 Å². The molecule has 3 nitrogen and oxygen atoms in total. The molecule has 0 saturated carbocycles. The van der Waals surface area contributed by atoms with Gasteiger partial charge in [0.15, 0.2) is 0 Å². The molecule has 1 aliphatic carbocycles. The number of nitrogens with zero attached hydrogens (tertiary/aromatic N) is 1. The first kappa shape index (κ1) is 14.5. The minimum atomic E-state index is 0.208. The molecule has 0 saturated heterocycles. The summed E-state index contributed by atoms with van der Waals surface area (Å²) in [6.45, 7) is 4.08. The van der Waals surface area contributed by atoms with Crippen LogP contribution >= 0.6 is 11.3 Å². The standard InChI is InChI=1S/C17H22N2OS/c1-11(2)20-13-9-7-12(8-10-13)17-19-15-6-4-5-14(18-3)16(15)21-17/h7-11,14,18H,4-6H2,1-3H3. The van der Waals surface area contributed by atoms with Gasteiger partial charge in [-0.05, 0) is 64.4 Å². The predicted molar refractivity (Wildman–Crippen MR) is 88.1 cm³/mol. The van der Waals surface area contributed by atoms with E-state index in [0.717, 1.165) is 17.2 Å². The maximum Gasteiger partial charge on any atom is 0.123 e. The first-order chi connectivity index (χ1) is 10.2. The van der Waals surface area contributed by atoms with Crippen molar-refractivity contribution in [2.75, 3.05) is 7.05 Å². The highest BCUT2D eigenvalue weighted by molar-refractivity contribution is 7.15. The van der Waals surface area contributed by atoms with E-state index in [-0.39, 0.29) is 6.10 Å². The van der Waals surface area contributed by atoms with E-state index in [1.54, 1.807) is 0 Å². The molecule has 0 radical (unpaired) electrons. The number of aryl methyl sites for hydroxylation is 1. The highest BCUT2D eigenvalue weighted by Gasteiger charge is 2.23. The van der Waals surface area contributed by atoms with Crippen molar-refractivity contribution < 1.29 is 4.74 Å². The van der Waals surface area contributed by atoms with Gasteiger partial charge in [-0.15, -0.1) is 11.3 Å². The molecule has 2 aromatic rings. The molecule has 3 rings (SSSR count). The Kier molecular flexibility index (Phi) is 4.27. The summed E-state index contributed by atoms with van der Waals surface area (Å²) in [7, 11) is 2.04. The Morgan fingerprint density at radius 3 is 2.71 bits per heavy atom. The molecule has 0 aliphatic heterocycles. The average Bonchev–Trinajstić information content (AvgIpc) is 2.91. The van der Waals surface area contributed by atoms with Crippen LogP contribution in [0.3, 0.4) is 0 Å². The smallest absolute Gasteiger partial charge is 0.123 e. The molecule has 0 spiro atoms. The number of ether oxygens (including phenoxy) is 1. The van der Waals surface area contributed by atoms with Crippen LogP contribution in [0.1, 0.15) is 43.3 Å². The zero-order valence-corrected chi connectivity index (χ0v) is 13.7. The summed E-state index contributed by atoms with van der Waals surface area (Å²) in [5, 5.41) is 4.53. The van der Waals surface area contributed by atoms with E-state index in [1.165, 1.54) is 29.0 Å². The van der Waals surface area contributed by atoms with Crippen molar-refractivity contribution in [3.8, 4) is 16.3 Å². The fourth-order valence-electron chi connectivity index (χ4n) is 2.77. The highest BCUT2D eigenvalue weighted by atomic mass is 32.1. The van der Waals surface area contributed by atoms with Crippen molar-refractivity contribution in [3.63, 3.8) is 0 Å². The van der Waals surface area contributed by atoms with Crippen LogP contribution in [0.25, 0.3) is 10.6 Å². The van der Waals surface area contributed by atoms with Gasteiger partial charge in [0.2, 0.25) is 0 Å². The Bertz CT molecular complexity index is 604. The summed E-state index contributed by atoms with van der Waals surface area (Å²) >= 11 is 1.83. The van der Waals surface area contributed by atoms with Crippen molar-refractivity contribution in [2.45, 2.75) is 45.3 Å². The van der Waals surface area contributed by atoms with E-state index in [0.29, 0.717) is 6.04 Å². The van der Waals surface area contributed by atoms with Gasteiger partial charge in [-0.1, -0.05) is 0 Å². The van der Waals surface area contributed by atoms with Crippen molar-refractivity contribution in [3.05, 3.63) is 34.8 Å². The van der Waals surface area contributed by atoms with E-state index in [1.807, 2.05) is 44.4 Å². The van der Waals surface area contributed by atoms with Gasteiger partial charge >= 0.3 is 0 Å². The third-order valence-electron chi connectivity index (χ3n) is 3.77. The SMILES string of the molecule is CNC1CCCc2nc(-c3ccc(OC(C)C)cc3)sc21. The third-order valence-corrected chi connectivity index (χ3v) is 5.03. The number of nitrogens with one attached hydrogen (secondary N) is 1. The summed E-state index contributed by atoms with van der Waals surface area (Å²) in [6, 6.07) is 8.76. The Balaban J connectivity index is 1.86. The first-order valence-electron chi connectivity index (χ1n) is 7.61.